The number of guanidine groups is 1. The fraction of sp³-hybridized carbons (Fsp3) is 0.381. The fourth-order valence-corrected chi connectivity index (χ4v) is 3.47. The topological polar surface area (TPSA) is 46.1 Å². The molecule has 0 atom stereocenters. The van der Waals surface area contributed by atoms with Crippen molar-refractivity contribution in [3.8, 4) is 11.5 Å². The molecule has 1 aliphatic heterocycles. The Morgan fingerprint density at radius 1 is 1.04 bits per heavy atom. The van der Waals surface area contributed by atoms with Gasteiger partial charge in [-0.1, -0.05) is 0 Å². The van der Waals surface area contributed by atoms with Gasteiger partial charge in [-0.05, 0) is 53.8 Å². The first-order valence-corrected chi connectivity index (χ1v) is 9.18. The average molecular weight is 389 g/mol. The predicted molar refractivity (Wildman–Crippen MR) is 105 cm³/mol. The minimum Gasteiger partial charge on any atom is -0.493 e. The molecule has 2 aromatic carbocycles. The van der Waals surface area contributed by atoms with Crippen molar-refractivity contribution in [2.45, 2.75) is 19.4 Å². The van der Waals surface area contributed by atoms with E-state index in [0.29, 0.717) is 30.8 Å². The maximum absolute atomic E-state index is 13.3. The lowest BCUT2D eigenvalue weighted by Gasteiger charge is -2.32. The lowest BCUT2D eigenvalue weighted by atomic mass is 9.99. The first-order chi connectivity index (χ1) is 13.5. The zero-order chi connectivity index (χ0) is 20.1. The molecule has 150 valence electrons. The van der Waals surface area contributed by atoms with Gasteiger partial charge < -0.3 is 19.7 Å². The quantitative estimate of drug-likeness (QED) is 0.630. The molecule has 0 spiro atoms. The van der Waals surface area contributed by atoms with Crippen LogP contribution >= 0.6 is 0 Å². The number of methoxy groups -OCH3 is 2. The Bertz CT molecular complexity index is 851. The lowest BCUT2D eigenvalue weighted by molar-refractivity contribution is 0.346. The molecule has 0 amide bonds. The van der Waals surface area contributed by atoms with Gasteiger partial charge in [0, 0.05) is 32.7 Å². The number of nitrogens with one attached hydrogen (secondary N) is 1. The van der Waals surface area contributed by atoms with Crippen molar-refractivity contribution in [3.63, 3.8) is 0 Å². The normalized spacial score (nSPS) is 13.9. The highest BCUT2D eigenvalue weighted by Crippen LogP contribution is 2.33. The van der Waals surface area contributed by atoms with Crippen molar-refractivity contribution in [1.29, 1.82) is 0 Å². The molecule has 0 fully saturated rings. The molecule has 1 N–H and O–H groups in total. The SMILES string of the molecule is CN=C(NCCc1cc(F)cc(F)c1)N1CCc2cc(OC)c(OC)cc2C1. The van der Waals surface area contributed by atoms with Gasteiger partial charge >= 0.3 is 0 Å². The zero-order valence-corrected chi connectivity index (χ0v) is 16.4. The van der Waals surface area contributed by atoms with E-state index in [4.69, 9.17) is 9.47 Å². The van der Waals surface area contributed by atoms with Gasteiger partial charge in [-0.3, -0.25) is 4.99 Å². The van der Waals surface area contributed by atoms with E-state index in [0.717, 1.165) is 30.7 Å². The van der Waals surface area contributed by atoms with Gasteiger partial charge in [-0.2, -0.15) is 0 Å². The van der Waals surface area contributed by atoms with Crippen molar-refractivity contribution in [1.82, 2.24) is 10.2 Å². The molecule has 1 aliphatic rings. The van der Waals surface area contributed by atoms with Crippen molar-refractivity contribution in [3.05, 3.63) is 58.7 Å². The second-order valence-electron chi connectivity index (χ2n) is 6.65. The van der Waals surface area contributed by atoms with Crippen molar-refractivity contribution in [2.24, 2.45) is 4.99 Å². The highest BCUT2D eigenvalue weighted by atomic mass is 19.1. The number of hydrogen-bond donors (Lipinski definition) is 1. The number of benzene rings is 2. The van der Waals surface area contributed by atoms with E-state index in [1.165, 1.54) is 23.3 Å². The van der Waals surface area contributed by atoms with Gasteiger partial charge in [0.15, 0.2) is 17.5 Å². The van der Waals surface area contributed by atoms with Crippen LogP contribution in [0.15, 0.2) is 35.3 Å². The summed E-state index contributed by atoms with van der Waals surface area (Å²) in [5.41, 5.74) is 3.01. The highest BCUT2D eigenvalue weighted by Gasteiger charge is 2.21. The molecule has 0 saturated heterocycles. The van der Waals surface area contributed by atoms with Gasteiger partial charge in [0.2, 0.25) is 0 Å². The summed E-state index contributed by atoms with van der Waals surface area (Å²) in [4.78, 5) is 6.51. The second kappa shape index (κ2) is 8.91. The van der Waals surface area contributed by atoms with Gasteiger partial charge in [0.1, 0.15) is 11.6 Å². The van der Waals surface area contributed by atoms with Gasteiger partial charge in [-0.25, -0.2) is 8.78 Å². The molecule has 0 bridgehead atoms. The average Bonchev–Trinajstić information content (AvgIpc) is 2.69. The first kappa shape index (κ1) is 19.9. The molecule has 2 aromatic rings. The summed E-state index contributed by atoms with van der Waals surface area (Å²) in [5.74, 6) is 1.09. The standard InChI is InChI=1S/C21H25F2N3O2/c1-24-21(25-6-4-14-8-17(22)12-18(23)9-14)26-7-5-15-10-19(27-2)20(28-3)11-16(15)13-26/h8-12H,4-7,13H2,1-3H3,(H,24,25). The molecule has 28 heavy (non-hydrogen) atoms. The Morgan fingerprint density at radius 2 is 1.68 bits per heavy atom. The second-order valence-corrected chi connectivity index (χ2v) is 6.65. The summed E-state index contributed by atoms with van der Waals surface area (Å²) in [6.07, 6.45) is 1.37. The van der Waals surface area contributed by atoms with Crippen LogP contribution in [0.1, 0.15) is 16.7 Å². The van der Waals surface area contributed by atoms with Crippen LogP contribution in [-0.2, 0) is 19.4 Å². The molecular formula is C21H25F2N3O2. The van der Waals surface area contributed by atoms with Crippen LogP contribution in [0.25, 0.3) is 0 Å². The van der Waals surface area contributed by atoms with Gasteiger partial charge in [-0.15, -0.1) is 0 Å². The Morgan fingerprint density at radius 3 is 2.29 bits per heavy atom. The van der Waals surface area contributed by atoms with Gasteiger partial charge in [0.25, 0.3) is 0 Å². The van der Waals surface area contributed by atoms with Crippen LogP contribution in [-0.4, -0.2) is 45.2 Å². The summed E-state index contributed by atoms with van der Waals surface area (Å²) in [5, 5.41) is 3.28. The molecule has 0 aliphatic carbocycles. The van der Waals surface area contributed by atoms with E-state index in [-0.39, 0.29) is 0 Å². The number of aliphatic imine (C=N–C) groups is 1. The maximum atomic E-state index is 13.3. The van der Waals surface area contributed by atoms with E-state index in [2.05, 4.69) is 15.2 Å². The van der Waals surface area contributed by atoms with E-state index in [1.54, 1.807) is 21.3 Å². The largest absolute Gasteiger partial charge is 0.493 e. The Labute approximate surface area is 164 Å². The number of nitrogens with zero attached hydrogens (tertiary/aromatic N) is 2. The third-order valence-electron chi connectivity index (χ3n) is 4.85. The number of rotatable bonds is 5. The monoisotopic (exact) mass is 389 g/mol. The fourth-order valence-electron chi connectivity index (χ4n) is 3.47. The van der Waals surface area contributed by atoms with E-state index < -0.39 is 11.6 Å². The van der Waals surface area contributed by atoms with Crippen LogP contribution in [0.4, 0.5) is 8.78 Å². The molecule has 0 unspecified atom stereocenters. The molecule has 5 nitrogen and oxygen atoms in total. The molecule has 1 heterocycles. The number of fused-ring (bicyclic) bond motifs is 1. The first-order valence-electron chi connectivity index (χ1n) is 9.18. The summed E-state index contributed by atoms with van der Waals surface area (Å²) in [7, 11) is 4.99. The van der Waals surface area contributed by atoms with Crippen LogP contribution in [0.2, 0.25) is 0 Å². The third kappa shape index (κ3) is 4.52. The molecule has 0 aromatic heterocycles. The number of hydrogen-bond acceptors (Lipinski definition) is 3. The van der Waals surface area contributed by atoms with Crippen LogP contribution in [0.5, 0.6) is 11.5 Å². The van der Waals surface area contributed by atoms with E-state index in [9.17, 15) is 8.78 Å². The summed E-state index contributed by atoms with van der Waals surface area (Å²) in [6, 6.07) is 7.61. The summed E-state index contributed by atoms with van der Waals surface area (Å²) in [6.45, 7) is 2.05. The van der Waals surface area contributed by atoms with Gasteiger partial charge in [0.05, 0.1) is 14.2 Å². The van der Waals surface area contributed by atoms with Crippen LogP contribution in [0, 0.1) is 11.6 Å². The van der Waals surface area contributed by atoms with E-state index >= 15 is 0 Å². The minimum atomic E-state index is -0.559. The van der Waals surface area contributed by atoms with Crippen molar-refractivity contribution in [2.75, 3.05) is 34.4 Å². The smallest absolute Gasteiger partial charge is 0.193 e. The minimum absolute atomic E-state index is 0.503. The molecular weight excluding hydrogens is 364 g/mol. The molecule has 3 rings (SSSR count). The summed E-state index contributed by atoms with van der Waals surface area (Å²) >= 11 is 0. The highest BCUT2D eigenvalue weighted by molar-refractivity contribution is 5.80. The van der Waals surface area contributed by atoms with Crippen molar-refractivity contribution >= 4 is 5.96 Å². The third-order valence-corrected chi connectivity index (χ3v) is 4.85. The Kier molecular flexibility index (Phi) is 6.34. The molecule has 0 saturated carbocycles. The van der Waals surface area contributed by atoms with Crippen LogP contribution < -0.4 is 14.8 Å². The summed E-state index contributed by atoms with van der Waals surface area (Å²) < 4.78 is 37.4. The molecule has 7 heteroatoms. The number of ether oxygens (including phenoxy) is 2. The van der Waals surface area contributed by atoms with Crippen LogP contribution in [0.3, 0.4) is 0 Å². The Hall–Kier alpha value is -2.83. The molecule has 0 radical (unpaired) electrons. The van der Waals surface area contributed by atoms with Crippen molar-refractivity contribution < 1.29 is 18.3 Å². The Balaban J connectivity index is 1.64. The predicted octanol–water partition coefficient (Wildman–Crippen LogP) is 3.16. The number of halogens is 2. The maximum Gasteiger partial charge on any atom is 0.193 e. The lowest BCUT2D eigenvalue weighted by Crippen LogP contribution is -2.44. The zero-order valence-electron chi connectivity index (χ0n) is 16.4. The van der Waals surface area contributed by atoms with E-state index in [1.807, 2.05) is 12.1 Å².